The third-order valence-corrected chi connectivity index (χ3v) is 2.67. The topological polar surface area (TPSA) is 39.1 Å². The summed E-state index contributed by atoms with van der Waals surface area (Å²) in [5, 5.41) is 8.08. The molecule has 0 bridgehead atoms. The molecule has 1 rings (SSSR count). The highest BCUT2D eigenvalue weighted by molar-refractivity contribution is 6.31. The molecule has 5 heteroatoms. The van der Waals surface area contributed by atoms with E-state index in [1.807, 2.05) is 21.0 Å². The number of aromatic nitrogens is 2. The summed E-state index contributed by atoms with van der Waals surface area (Å²) in [6.45, 7) is 4.08. The Labute approximate surface area is 95.6 Å². The van der Waals surface area contributed by atoms with Gasteiger partial charge in [0, 0.05) is 13.6 Å². The molecule has 0 saturated carbocycles. The highest BCUT2D eigenvalue weighted by Gasteiger charge is 2.12. The lowest BCUT2D eigenvalue weighted by molar-refractivity contribution is 0.119. The Morgan fingerprint density at radius 1 is 1.53 bits per heavy atom. The highest BCUT2D eigenvalue weighted by atomic mass is 35.5. The minimum atomic E-state index is 0.518. The van der Waals surface area contributed by atoms with Gasteiger partial charge in [0.25, 0.3) is 0 Å². The zero-order chi connectivity index (χ0) is 11.3. The van der Waals surface area contributed by atoms with Crippen molar-refractivity contribution in [2.45, 2.75) is 20.0 Å². The van der Waals surface area contributed by atoms with Crippen molar-refractivity contribution >= 4 is 11.6 Å². The Bertz CT molecular complexity index is 312. The molecule has 0 fully saturated rings. The van der Waals surface area contributed by atoms with E-state index in [9.17, 15) is 0 Å². The van der Waals surface area contributed by atoms with E-state index < -0.39 is 0 Å². The molecular weight excluding hydrogens is 214 g/mol. The van der Waals surface area contributed by atoms with Crippen LogP contribution in [0.3, 0.4) is 0 Å². The van der Waals surface area contributed by atoms with Crippen molar-refractivity contribution in [3.8, 4) is 0 Å². The second-order valence-corrected chi connectivity index (χ2v) is 3.72. The summed E-state index contributed by atoms with van der Waals surface area (Å²) < 4.78 is 7.26. The Balaban J connectivity index is 2.56. The highest BCUT2D eigenvalue weighted by Crippen LogP contribution is 2.21. The molecule has 1 heterocycles. The van der Waals surface area contributed by atoms with Gasteiger partial charge in [-0.2, -0.15) is 5.10 Å². The maximum absolute atomic E-state index is 6.16. The number of hydrogen-bond acceptors (Lipinski definition) is 3. The van der Waals surface area contributed by atoms with E-state index in [2.05, 4.69) is 10.4 Å². The molecule has 0 aliphatic carbocycles. The molecule has 0 spiro atoms. The second-order valence-electron chi connectivity index (χ2n) is 3.34. The van der Waals surface area contributed by atoms with Crippen LogP contribution < -0.4 is 5.32 Å². The summed E-state index contributed by atoms with van der Waals surface area (Å²) in [7, 11) is 3.79. The summed E-state index contributed by atoms with van der Waals surface area (Å²) in [4.78, 5) is 0. The molecular formula is C10H18ClN3O. The van der Waals surface area contributed by atoms with E-state index in [4.69, 9.17) is 16.3 Å². The van der Waals surface area contributed by atoms with Crippen LogP contribution in [0.2, 0.25) is 5.02 Å². The molecule has 0 unspecified atom stereocenters. The summed E-state index contributed by atoms with van der Waals surface area (Å²) in [5.74, 6) is 0. The first kappa shape index (κ1) is 12.5. The van der Waals surface area contributed by atoms with E-state index in [0.717, 1.165) is 29.4 Å². The number of likely N-dealkylation sites (N-methyl/N-ethyl adjacent to an activating group) is 1. The second kappa shape index (κ2) is 6.10. The minimum Gasteiger partial charge on any atom is -0.374 e. The van der Waals surface area contributed by atoms with Crippen molar-refractivity contribution in [1.82, 2.24) is 15.1 Å². The van der Waals surface area contributed by atoms with Gasteiger partial charge in [-0.15, -0.1) is 0 Å². The number of nitrogens with one attached hydrogen (secondary N) is 1. The molecule has 15 heavy (non-hydrogen) atoms. The van der Waals surface area contributed by atoms with Crippen molar-refractivity contribution in [3.63, 3.8) is 0 Å². The lowest BCUT2D eigenvalue weighted by atomic mass is 10.3. The number of ether oxygens (including phenoxy) is 1. The van der Waals surface area contributed by atoms with Gasteiger partial charge in [0.2, 0.25) is 0 Å². The van der Waals surface area contributed by atoms with E-state index in [0.29, 0.717) is 13.2 Å². The Hall–Kier alpha value is -0.580. The van der Waals surface area contributed by atoms with Gasteiger partial charge in [-0.25, -0.2) is 0 Å². The van der Waals surface area contributed by atoms with Gasteiger partial charge in [0.1, 0.15) is 0 Å². The van der Waals surface area contributed by atoms with Gasteiger partial charge in [-0.1, -0.05) is 18.5 Å². The van der Waals surface area contributed by atoms with Crippen LogP contribution in [0.5, 0.6) is 0 Å². The lowest BCUT2D eigenvalue weighted by Gasteiger charge is -2.04. The summed E-state index contributed by atoms with van der Waals surface area (Å²) in [6, 6.07) is 0. The predicted octanol–water partition coefficient (Wildman–Crippen LogP) is 1.37. The van der Waals surface area contributed by atoms with Crippen LogP contribution in [0.15, 0.2) is 0 Å². The standard InChI is InChI=1S/C10H18ClN3O/c1-4-8-10(11)9(14(3)13-8)7-15-6-5-12-2/h12H,4-7H2,1-3H3. The first-order valence-electron chi connectivity index (χ1n) is 5.13. The van der Waals surface area contributed by atoms with Crippen molar-refractivity contribution < 1.29 is 4.74 Å². The van der Waals surface area contributed by atoms with E-state index in [1.54, 1.807) is 4.68 Å². The van der Waals surface area contributed by atoms with Gasteiger partial charge in [0.05, 0.1) is 29.6 Å². The molecule has 0 aliphatic rings. The normalized spacial score (nSPS) is 10.9. The van der Waals surface area contributed by atoms with E-state index in [-0.39, 0.29) is 0 Å². The summed E-state index contributed by atoms with van der Waals surface area (Å²) >= 11 is 6.16. The maximum atomic E-state index is 6.16. The van der Waals surface area contributed by atoms with Crippen LogP contribution >= 0.6 is 11.6 Å². The van der Waals surface area contributed by atoms with Gasteiger partial charge in [-0.3, -0.25) is 4.68 Å². The first-order valence-corrected chi connectivity index (χ1v) is 5.51. The van der Waals surface area contributed by atoms with Crippen LogP contribution in [0, 0.1) is 0 Å². The number of halogens is 1. The van der Waals surface area contributed by atoms with Crippen LogP contribution in [-0.2, 0) is 24.8 Å². The monoisotopic (exact) mass is 231 g/mol. The molecule has 0 aliphatic heterocycles. The molecule has 1 aromatic rings. The summed E-state index contributed by atoms with van der Waals surface area (Å²) in [6.07, 6.45) is 0.850. The minimum absolute atomic E-state index is 0.518. The molecule has 86 valence electrons. The van der Waals surface area contributed by atoms with Gasteiger partial charge < -0.3 is 10.1 Å². The Morgan fingerprint density at radius 2 is 2.27 bits per heavy atom. The quantitative estimate of drug-likeness (QED) is 0.752. The fraction of sp³-hybridized carbons (Fsp3) is 0.700. The van der Waals surface area contributed by atoms with E-state index in [1.165, 1.54) is 0 Å². The number of rotatable bonds is 6. The molecule has 0 saturated heterocycles. The van der Waals surface area contributed by atoms with Crippen molar-refractivity contribution in [1.29, 1.82) is 0 Å². The average Bonchev–Trinajstić information content (AvgIpc) is 2.50. The molecule has 1 aromatic heterocycles. The van der Waals surface area contributed by atoms with Crippen molar-refractivity contribution in [2.24, 2.45) is 7.05 Å². The van der Waals surface area contributed by atoms with Crippen molar-refractivity contribution in [3.05, 3.63) is 16.4 Å². The molecule has 0 amide bonds. The number of aryl methyl sites for hydroxylation is 2. The van der Waals surface area contributed by atoms with Gasteiger partial charge in [0.15, 0.2) is 0 Å². The lowest BCUT2D eigenvalue weighted by Crippen LogP contribution is -2.14. The Morgan fingerprint density at radius 3 is 2.80 bits per heavy atom. The third-order valence-electron chi connectivity index (χ3n) is 2.24. The number of nitrogens with zero attached hydrogens (tertiary/aromatic N) is 2. The van der Waals surface area contributed by atoms with Gasteiger partial charge >= 0.3 is 0 Å². The van der Waals surface area contributed by atoms with Crippen LogP contribution in [0.1, 0.15) is 18.3 Å². The fourth-order valence-electron chi connectivity index (χ4n) is 1.32. The predicted molar refractivity (Wildman–Crippen MR) is 61.2 cm³/mol. The van der Waals surface area contributed by atoms with Gasteiger partial charge in [-0.05, 0) is 13.5 Å². The molecule has 0 aromatic carbocycles. The van der Waals surface area contributed by atoms with Crippen LogP contribution in [0.25, 0.3) is 0 Å². The maximum Gasteiger partial charge on any atom is 0.0900 e. The smallest absolute Gasteiger partial charge is 0.0900 e. The van der Waals surface area contributed by atoms with E-state index >= 15 is 0 Å². The summed E-state index contributed by atoms with van der Waals surface area (Å²) in [5.41, 5.74) is 1.89. The molecule has 1 N–H and O–H groups in total. The van der Waals surface area contributed by atoms with Crippen LogP contribution in [-0.4, -0.2) is 30.0 Å². The average molecular weight is 232 g/mol. The zero-order valence-corrected chi connectivity index (χ0v) is 10.3. The molecule has 0 radical (unpaired) electrons. The largest absolute Gasteiger partial charge is 0.374 e. The molecule has 0 atom stereocenters. The molecule has 4 nitrogen and oxygen atoms in total. The third kappa shape index (κ3) is 3.19. The Kier molecular flexibility index (Phi) is 5.08. The fourth-order valence-corrected chi connectivity index (χ4v) is 1.67. The first-order chi connectivity index (χ1) is 7.20. The van der Waals surface area contributed by atoms with Crippen LogP contribution in [0.4, 0.5) is 0 Å². The van der Waals surface area contributed by atoms with Crippen molar-refractivity contribution in [2.75, 3.05) is 20.2 Å². The zero-order valence-electron chi connectivity index (χ0n) is 9.51. The SMILES string of the molecule is CCc1nn(C)c(COCCNC)c1Cl. The number of hydrogen-bond donors (Lipinski definition) is 1.